The Balaban J connectivity index is 1.61. The van der Waals surface area contributed by atoms with Gasteiger partial charge in [-0.3, -0.25) is 9.11 Å². The first kappa shape index (κ1) is 39.0. The molecule has 0 aromatic heterocycles. The number of aromatic carboxylic acids is 1. The van der Waals surface area contributed by atoms with Crippen molar-refractivity contribution in [1.29, 1.82) is 0 Å². The highest BCUT2D eigenvalue weighted by atomic mass is 35.5. The second-order valence-electron chi connectivity index (χ2n) is 16.1. The summed E-state index contributed by atoms with van der Waals surface area (Å²) in [7, 11) is -8.95. The zero-order valence-corrected chi connectivity index (χ0v) is 34.8. The number of anilines is 1. The standard InChI is InChI=1S/C38H36Cl4N2O9S2/c1-37(2)13-17(15-54(47,48)49)21-11-23-25(26-27(36(45)46)29(40)31(42)30(41)28(26)39)24-12-22-18(16-55(50,51)52)14-38(3,4)44-10-6-8-20(33(22)44)35(24)53-34(23)19-7-5-9-43(37)32(19)21/h11-13,18H,5-10,14-16H2,1-4H3,(H2-,45,46,47,48,49,50,51,52)/p+1. The zero-order chi connectivity index (χ0) is 39.9. The summed E-state index contributed by atoms with van der Waals surface area (Å²) < 4.78 is 79.5. The van der Waals surface area contributed by atoms with E-state index < -0.39 is 60.3 Å². The molecule has 0 aliphatic carbocycles. The molecule has 3 aromatic rings. The lowest BCUT2D eigenvalue weighted by molar-refractivity contribution is 0.0696. The van der Waals surface area contributed by atoms with Crippen LogP contribution in [0.25, 0.3) is 11.1 Å². The van der Waals surface area contributed by atoms with Gasteiger partial charge < -0.3 is 14.7 Å². The highest BCUT2D eigenvalue weighted by Crippen LogP contribution is 2.56. The SMILES string of the molecule is CC1(C)CC(CS(=O)(=O)O)c2cc3c(c4c2N1CCC4)Oc1c2c4c(cc1=C3c1c(Cl)c(Cl)c(Cl)c(Cl)c1C(=O)O)C(CS(=O)(=O)O)=CC(C)(C)[N+]=4CCC2. The van der Waals surface area contributed by atoms with Crippen molar-refractivity contribution in [1.82, 2.24) is 4.58 Å². The second-order valence-corrected chi connectivity index (χ2v) is 20.6. The third-order valence-corrected chi connectivity index (χ3v) is 14.9. The van der Waals surface area contributed by atoms with E-state index >= 15 is 0 Å². The molecule has 292 valence electrons. The van der Waals surface area contributed by atoms with Crippen LogP contribution in [-0.2, 0) is 33.1 Å². The second kappa shape index (κ2) is 12.8. The van der Waals surface area contributed by atoms with E-state index in [0.717, 1.165) is 35.0 Å². The molecule has 0 radical (unpaired) electrons. The lowest BCUT2D eigenvalue weighted by atomic mass is 9.74. The van der Waals surface area contributed by atoms with Crippen molar-refractivity contribution in [3.63, 3.8) is 0 Å². The van der Waals surface area contributed by atoms with Gasteiger partial charge in [0.25, 0.3) is 20.2 Å². The van der Waals surface area contributed by atoms with Crippen LogP contribution in [0.4, 0.5) is 5.69 Å². The molecule has 3 N–H and O–H groups in total. The first-order chi connectivity index (χ1) is 25.5. The molecular weight excluding hydrogens is 834 g/mol. The highest BCUT2D eigenvalue weighted by molar-refractivity contribution is 7.86. The molecule has 5 aliphatic rings. The van der Waals surface area contributed by atoms with Gasteiger partial charge in [0.05, 0.1) is 42.5 Å². The van der Waals surface area contributed by atoms with Crippen LogP contribution in [0.1, 0.15) is 96.6 Å². The molecule has 0 saturated heterocycles. The maximum absolute atomic E-state index is 13.2. The normalized spacial score (nSPS) is 20.5. The zero-order valence-electron chi connectivity index (χ0n) is 30.2. The van der Waals surface area contributed by atoms with Crippen LogP contribution >= 0.6 is 46.4 Å². The Morgan fingerprint density at radius 1 is 0.909 bits per heavy atom. The average Bonchev–Trinajstić information content (AvgIpc) is 3.07. The van der Waals surface area contributed by atoms with E-state index in [1.165, 1.54) is 0 Å². The third-order valence-electron chi connectivity index (χ3n) is 11.6. The molecule has 0 saturated carbocycles. The van der Waals surface area contributed by atoms with E-state index in [2.05, 4.69) is 9.48 Å². The maximum atomic E-state index is 13.2. The topological polar surface area (TPSA) is 162 Å². The Morgan fingerprint density at radius 2 is 1.58 bits per heavy atom. The molecule has 5 aliphatic heterocycles. The van der Waals surface area contributed by atoms with Gasteiger partial charge in [0.1, 0.15) is 23.8 Å². The summed E-state index contributed by atoms with van der Waals surface area (Å²) >= 11 is 26.9. The number of hydrogen-bond acceptors (Lipinski definition) is 7. The molecule has 11 nitrogen and oxygen atoms in total. The molecule has 3 aromatic carbocycles. The Morgan fingerprint density at radius 3 is 2.24 bits per heavy atom. The van der Waals surface area contributed by atoms with Crippen LogP contribution in [-0.4, -0.2) is 72.7 Å². The summed E-state index contributed by atoms with van der Waals surface area (Å²) in [6.45, 7) is 9.36. The van der Waals surface area contributed by atoms with Gasteiger partial charge in [-0.2, -0.15) is 16.8 Å². The number of benzene rings is 3. The van der Waals surface area contributed by atoms with Crippen molar-refractivity contribution in [2.24, 2.45) is 0 Å². The number of halogens is 4. The molecule has 55 heavy (non-hydrogen) atoms. The van der Waals surface area contributed by atoms with Crippen molar-refractivity contribution in [3.8, 4) is 11.5 Å². The van der Waals surface area contributed by atoms with Gasteiger partial charge >= 0.3 is 5.97 Å². The van der Waals surface area contributed by atoms with Crippen LogP contribution in [0.3, 0.4) is 0 Å². The smallest absolute Gasteiger partial charge is 0.337 e. The van der Waals surface area contributed by atoms with Crippen LogP contribution in [0.15, 0.2) is 18.2 Å². The number of fused-ring (bicyclic) bond motifs is 4. The quantitative estimate of drug-likeness (QED) is 0.0818. The lowest BCUT2D eigenvalue weighted by Crippen LogP contribution is -2.54. The number of nitrogens with zero attached hydrogens (tertiary/aromatic N) is 2. The number of hydrogen-bond donors (Lipinski definition) is 3. The molecular formula is C38H37Cl4N2O9S2+. The number of carbonyl (C=O) groups is 1. The van der Waals surface area contributed by atoms with Gasteiger partial charge in [0, 0.05) is 71.4 Å². The maximum Gasteiger partial charge on any atom is 0.337 e. The average molecular weight is 872 g/mol. The van der Waals surface area contributed by atoms with E-state index in [4.69, 9.17) is 51.1 Å². The minimum absolute atomic E-state index is 0.0575. The Bertz CT molecular complexity index is 2710. The molecule has 1 atom stereocenters. The Kier molecular flexibility index (Phi) is 9.08. The fourth-order valence-electron chi connectivity index (χ4n) is 9.64. The van der Waals surface area contributed by atoms with Crippen molar-refractivity contribution in [3.05, 3.63) is 87.8 Å². The third kappa shape index (κ3) is 6.19. The molecule has 1 unspecified atom stereocenters. The number of ether oxygens (including phenoxy) is 1. The van der Waals surface area contributed by atoms with E-state index in [9.17, 15) is 35.8 Å². The van der Waals surface area contributed by atoms with Crippen LogP contribution in [0, 0.1) is 0 Å². The monoisotopic (exact) mass is 869 g/mol. The van der Waals surface area contributed by atoms with E-state index in [1.54, 1.807) is 12.1 Å². The van der Waals surface area contributed by atoms with Crippen LogP contribution in [0.2, 0.25) is 20.1 Å². The van der Waals surface area contributed by atoms with E-state index in [-0.39, 0.29) is 31.2 Å². The fourth-order valence-corrected chi connectivity index (χ4v) is 12.1. The van der Waals surface area contributed by atoms with Crippen LogP contribution < -0.4 is 24.8 Å². The summed E-state index contributed by atoms with van der Waals surface area (Å²) in [5.74, 6) is -2.48. The Hall–Kier alpha value is -2.88. The van der Waals surface area contributed by atoms with Crippen LogP contribution in [0.5, 0.6) is 11.5 Å². The summed E-state index contributed by atoms with van der Waals surface area (Å²) in [6, 6.07) is 3.51. The molecule has 0 bridgehead atoms. The summed E-state index contributed by atoms with van der Waals surface area (Å²) in [5, 5.41) is 10.9. The predicted molar refractivity (Wildman–Crippen MR) is 214 cm³/mol. The minimum atomic E-state index is -4.51. The summed E-state index contributed by atoms with van der Waals surface area (Å²) in [4.78, 5) is 15.5. The molecule has 0 spiro atoms. The molecule has 17 heteroatoms. The van der Waals surface area contributed by atoms with E-state index in [0.29, 0.717) is 71.3 Å². The predicted octanol–water partition coefficient (Wildman–Crippen LogP) is 6.76. The van der Waals surface area contributed by atoms with Gasteiger partial charge in [-0.25, -0.2) is 9.37 Å². The van der Waals surface area contributed by atoms with E-state index in [1.807, 2.05) is 33.8 Å². The van der Waals surface area contributed by atoms with Crippen molar-refractivity contribution in [2.75, 3.05) is 29.5 Å². The van der Waals surface area contributed by atoms with Gasteiger partial charge in [-0.05, 0) is 68.9 Å². The van der Waals surface area contributed by atoms with Gasteiger partial charge in [-0.1, -0.05) is 46.4 Å². The summed E-state index contributed by atoms with van der Waals surface area (Å²) in [5.41, 5.74) is 2.87. The molecule has 0 amide bonds. The van der Waals surface area contributed by atoms with Crippen molar-refractivity contribution < 1.29 is 40.6 Å². The number of rotatable bonds is 6. The van der Waals surface area contributed by atoms with Gasteiger partial charge in [-0.15, -0.1) is 0 Å². The highest BCUT2D eigenvalue weighted by Gasteiger charge is 2.46. The minimum Gasteiger partial charge on any atom is -0.478 e. The van der Waals surface area contributed by atoms with Gasteiger partial charge in [0.2, 0.25) is 5.36 Å². The molecule has 5 heterocycles. The molecule has 0 fully saturated rings. The van der Waals surface area contributed by atoms with Gasteiger partial charge in [0.15, 0.2) is 5.54 Å². The lowest BCUT2D eigenvalue weighted by Gasteiger charge is -2.51. The largest absolute Gasteiger partial charge is 0.478 e. The van der Waals surface area contributed by atoms with Crippen molar-refractivity contribution >= 4 is 89.4 Å². The number of carboxylic acid groups (broad SMARTS) is 1. The number of carboxylic acids is 1. The van der Waals surface area contributed by atoms with Crippen molar-refractivity contribution in [2.45, 2.75) is 76.8 Å². The molecule has 8 rings (SSSR count). The first-order valence-electron chi connectivity index (χ1n) is 17.7. The fraction of sp³-hybridized carbons (Fsp3) is 0.421. The summed E-state index contributed by atoms with van der Waals surface area (Å²) in [6.07, 6.45) is 4.72. The Labute approximate surface area is 338 Å². The first-order valence-corrected chi connectivity index (χ1v) is 22.5.